The van der Waals surface area contributed by atoms with Crippen LogP contribution in [0, 0.1) is 48.3 Å². The van der Waals surface area contributed by atoms with Crippen LogP contribution >= 0.6 is 0 Å². The predicted molar refractivity (Wildman–Crippen MR) is 431 cm³/mol. The van der Waals surface area contributed by atoms with E-state index in [1.807, 2.05) is 202 Å². The average molecular weight is 1690 g/mol. The Morgan fingerprint density at radius 2 is 0.789 bits per heavy atom. The van der Waals surface area contributed by atoms with Crippen molar-refractivity contribution in [1.82, 2.24) is 59.8 Å². The molecule has 13 heterocycles. The third-order valence-electron chi connectivity index (χ3n) is 22.6. The van der Waals surface area contributed by atoms with Crippen molar-refractivity contribution in [1.29, 1.82) is 0 Å². The maximum atomic E-state index is 14.0. The number of carbonyl (C=O) groups is 3. The van der Waals surface area contributed by atoms with Crippen LogP contribution in [0.2, 0.25) is 0 Å². The van der Waals surface area contributed by atoms with Gasteiger partial charge in [-0.3, -0.25) is 69.4 Å². The van der Waals surface area contributed by atoms with E-state index in [1.54, 1.807) is 80.4 Å². The van der Waals surface area contributed by atoms with E-state index in [0.29, 0.717) is 50.9 Å². The number of aromatic nitrogens is 12. The number of carbonyl (C=O) groups excluding carboxylic acids is 3. The van der Waals surface area contributed by atoms with Crippen LogP contribution in [0.4, 0.5) is 0 Å². The molecular formula is C93H94N12O7Ru2. The van der Waals surface area contributed by atoms with Crippen molar-refractivity contribution < 1.29 is 72.7 Å². The number of hydrogen-bond donors (Lipinski definition) is 1. The minimum absolute atomic E-state index is 0. The molecule has 0 bridgehead atoms. The number of aryl methyl sites for hydroxylation is 4. The summed E-state index contributed by atoms with van der Waals surface area (Å²) in [7, 11) is 0. The summed E-state index contributed by atoms with van der Waals surface area (Å²) in [6.07, 6.45) is 31.8. The summed E-state index contributed by atoms with van der Waals surface area (Å²) in [5, 5.41) is 13.2. The largest absolute Gasteiger partial charge is 0.462 e. The first-order valence-electron chi connectivity index (χ1n) is 38.7. The molecule has 9 unspecified atom stereocenters. The monoisotopic (exact) mass is 1690 g/mol. The van der Waals surface area contributed by atoms with Crippen LogP contribution in [0.5, 0.6) is 0 Å². The molecule has 0 aromatic carbocycles. The number of pyridine rings is 12. The summed E-state index contributed by atoms with van der Waals surface area (Å²) >= 11 is 0. The van der Waals surface area contributed by atoms with Gasteiger partial charge in [-0.25, -0.2) is 4.79 Å². The Balaban J connectivity index is 0.000000201. The zero-order chi connectivity index (χ0) is 77.5. The second-order valence-corrected chi connectivity index (χ2v) is 29.7. The summed E-state index contributed by atoms with van der Waals surface area (Å²) < 4.78 is 18.2. The Labute approximate surface area is 692 Å². The minimum Gasteiger partial charge on any atom is -0.462 e. The first kappa shape index (κ1) is 84.1. The quantitative estimate of drug-likeness (QED) is 0.0505. The van der Waals surface area contributed by atoms with Crippen molar-refractivity contribution in [3.05, 3.63) is 302 Å². The Morgan fingerprint density at radius 3 is 1.15 bits per heavy atom. The standard InChI is InChI=1S/C53H62N4O7.4C10H8N2.2Ru/c1-33-15-21-54-43(25-33)45-27-35(17-23-56-45)7-5-9-48(58)63-39-13-19-51(3)38(30-39)11-12-41-42(51)31-47(52(4)40(14-20-53(41,52)61)37-29-50(60)62-32-37)64-49(59)10-6-8-36-18-24-57-46(28-36)44-26-34(2)16-22-55-44;4*1-3-7-11-9(5-1)10-6-2-4-8-12-10;;/h15-18,21-29,38-42,47,61H,5-14,19-20,30-32H2,1-4H3;4*1-8H;;. The fourth-order valence-electron chi connectivity index (χ4n) is 16.9. The first-order chi connectivity index (χ1) is 54.7. The number of hydrogen-bond acceptors (Lipinski definition) is 19. The Morgan fingerprint density at radius 1 is 0.421 bits per heavy atom. The summed E-state index contributed by atoms with van der Waals surface area (Å²) in [5.41, 5.74) is 14.0. The SMILES string of the molecule is Cc1ccnc(-c2cc(CCCC(=O)OC3CCC4(C)C(CCC5C4CC(OC(=O)CCCc4ccnc(-c6cc(C)ccn6)c4)C4(C)C(C6=CC(=O)OC6)CCC54O)C3)ccn2)c1.[Ru].[Ru].c1ccc(-c2ccccn2)nc1.c1ccc(-c2ccccn2)nc1.c1ccc(-c2ccccn2)nc1.c1ccc(-c2ccccn2)nc1. The van der Waals surface area contributed by atoms with E-state index in [4.69, 9.17) is 14.2 Å². The molecule has 584 valence electrons. The fraction of sp³-hybridized carbons (Fsp3) is 0.301. The van der Waals surface area contributed by atoms with Gasteiger partial charge in [0.2, 0.25) is 0 Å². The average Bonchev–Trinajstić information content (AvgIpc) is 1.45. The maximum absolute atomic E-state index is 14.0. The van der Waals surface area contributed by atoms with Crippen LogP contribution < -0.4 is 0 Å². The number of fused-ring (bicyclic) bond motifs is 5. The van der Waals surface area contributed by atoms with Gasteiger partial charge in [-0.15, -0.1) is 0 Å². The molecule has 9 atom stereocenters. The van der Waals surface area contributed by atoms with E-state index in [-0.39, 0.29) is 99.2 Å². The molecule has 21 heteroatoms. The second-order valence-electron chi connectivity index (χ2n) is 29.7. The van der Waals surface area contributed by atoms with E-state index in [0.717, 1.165) is 135 Å². The minimum atomic E-state index is -1.08. The number of ether oxygens (including phenoxy) is 3. The first-order valence-corrected chi connectivity index (χ1v) is 38.7. The molecule has 19 nitrogen and oxygen atoms in total. The molecule has 0 spiro atoms. The van der Waals surface area contributed by atoms with Gasteiger partial charge in [0, 0.05) is 138 Å². The molecule has 12 aromatic rings. The molecule has 4 fully saturated rings. The van der Waals surface area contributed by atoms with Crippen LogP contribution in [-0.4, -0.2) is 107 Å². The molecule has 12 aromatic heterocycles. The maximum Gasteiger partial charge on any atom is 0.331 e. The summed E-state index contributed by atoms with van der Waals surface area (Å²) in [6, 6.07) is 62.4. The van der Waals surface area contributed by atoms with Crippen molar-refractivity contribution in [2.45, 2.75) is 135 Å². The number of esters is 3. The van der Waals surface area contributed by atoms with E-state index in [1.165, 1.54) is 0 Å². The zero-order valence-electron chi connectivity index (χ0n) is 64.5. The zero-order valence-corrected chi connectivity index (χ0v) is 68.0. The summed E-state index contributed by atoms with van der Waals surface area (Å²) in [5.74, 6) is -0.441. The molecule has 114 heavy (non-hydrogen) atoms. The second kappa shape index (κ2) is 40.8. The van der Waals surface area contributed by atoms with Crippen LogP contribution in [0.25, 0.3) is 68.3 Å². The third kappa shape index (κ3) is 21.3. The molecule has 17 rings (SSSR count). The van der Waals surface area contributed by atoms with Crippen LogP contribution in [0.3, 0.4) is 0 Å². The van der Waals surface area contributed by atoms with E-state index in [9.17, 15) is 19.5 Å². The number of rotatable bonds is 17. The Hall–Kier alpha value is -10.8. The molecule has 0 amide bonds. The summed E-state index contributed by atoms with van der Waals surface area (Å²) in [6.45, 7) is 8.77. The van der Waals surface area contributed by atoms with Crippen molar-refractivity contribution in [2.75, 3.05) is 6.61 Å². The number of nitrogens with zero attached hydrogens (tertiary/aromatic N) is 12. The Kier molecular flexibility index (Phi) is 30.1. The van der Waals surface area contributed by atoms with Gasteiger partial charge in [-0.2, -0.15) is 0 Å². The van der Waals surface area contributed by atoms with Crippen molar-refractivity contribution >= 4 is 17.9 Å². The fourth-order valence-corrected chi connectivity index (χ4v) is 16.9. The predicted octanol–water partition coefficient (Wildman–Crippen LogP) is 17.8. The van der Waals surface area contributed by atoms with Crippen molar-refractivity contribution in [2.24, 2.45) is 34.5 Å². The van der Waals surface area contributed by atoms with Gasteiger partial charge in [0.1, 0.15) is 18.8 Å². The smallest absolute Gasteiger partial charge is 0.331 e. The van der Waals surface area contributed by atoms with Gasteiger partial charge in [-0.1, -0.05) is 62.4 Å². The van der Waals surface area contributed by atoms with Gasteiger partial charge in [-0.05, 0) is 293 Å². The van der Waals surface area contributed by atoms with Crippen LogP contribution in [-0.2, 0) is 80.4 Å². The van der Waals surface area contributed by atoms with E-state index in [2.05, 4.69) is 79.7 Å². The van der Waals surface area contributed by atoms with E-state index >= 15 is 0 Å². The normalized spacial score (nSPS) is 21.3. The molecule has 5 aliphatic rings. The number of cyclic esters (lactones) is 1. The van der Waals surface area contributed by atoms with Crippen molar-refractivity contribution in [3.8, 4) is 68.3 Å². The molecule has 4 aliphatic carbocycles. The van der Waals surface area contributed by atoms with Gasteiger partial charge in [0.05, 0.1) is 73.9 Å². The molecular weight excluding hydrogens is 1600 g/mol. The van der Waals surface area contributed by atoms with Crippen molar-refractivity contribution in [3.63, 3.8) is 0 Å². The molecule has 0 saturated heterocycles. The topological polar surface area (TPSA) is 254 Å². The Bertz CT molecular complexity index is 4610. The third-order valence-corrected chi connectivity index (χ3v) is 22.6. The summed E-state index contributed by atoms with van der Waals surface area (Å²) in [4.78, 5) is 91.1. The molecule has 4 saturated carbocycles. The van der Waals surface area contributed by atoms with Crippen LogP contribution in [0.1, 0.15) is 113 Å². The number of aliphatic hydroxyl groups is 1. The van der Waals surface area contributed by atoms with Gasteiger partial charge in [0.25, 0.3) is 0 Å². The van der Waals surface area contributed by atoms with Gasteiger partial charge < -0.3 is 19.3 Å². The molecule has 1 aliphatic heterocycles. The van der Waals surface area contributed by atoms with Gasteiger partial charge in [0.15, 0.2) is 0 Å². The molecule has 0 radical (unpaired) electrons. The van der Waals surface area contributed by atoms with E-state index < -0.39 is 17.1 Å². The van der Waals surface area contributed by atoms with Gasteiger partial charge >= 0.3 is 17.9 Å². The van der Waals surface area contributed by atoms with Crippen LogP contribution in [0.15, 0.2) is 280 Å². The molecule has 1 N–H and O–H groups in total.